The van der Waals surface area contributed by atoms with E-state index in [1.165, 1.54) is 24.3 Å². The number of halogens is 2. The van der Waals surface area contributed by atoms with Crippen molar-refractivity contribution in [3.63, 3.8) is 0 Å². The van der Waals surface area contributed by atoms with E-state index in [2.05, 4.69) is 5.32 Å². The molecule has 2 amide bonds. The van der Waals surface area contributed by atoms with Gasteiger partial charge in [-0.2, -0.15) is 0 Å². The lowest BCUT2D eigenvalue weighted by Gasteiger charge is -2.34. The second-order valence-corrected chi connectivity index (χ2v) is 13.5. The predicted octanol–water partition coefficient (Wildman–Crippen LogP) is 6.11. The van der Waals surface area contributed by atoms with Crippen LogP contribution in [0.3, 0.4) is 0 Å². The summed E-state index contributed by atoms with van der Waals surface area (Å²) in [5.41, 5.74) is 2.03. The van der Waals surface area contributed by atoms with Gasteiger partial charge in [0.2, 0.25) is 21.8 Å². The molecule has 0 aromatic heterocycles. The number of anilines is 1. The number of nitrogens with one attached hydrogen (secondary N) is 1. The Balaban J connectivity index is 1.58. The monoisotopic (exact) mass is 627 g/mol. The fraction of sp³-hybridized carbons (Fsp3) is 0.394. The van der Waals surface area contributed by atoms with Gasteiger partial charge in [0.25, 0.3) is 0 Å². The first kappa shape index (κ1) is 32.5. The van der Waals surface area contributed by atoms with E-state index in [1.807, 2.05) is 36.4 Å². The first-order chi connectivity index (χ1) is 20.6. The molecule has 0 saturated heterocycles. The number of sulfonamides is 1. The fourth-order valence-corrected chi connectivity index (χ4v) is 6.72. The van der Waals surface area contributed by atoms with Gasteiger partial charge in [0.05, 0.1) is 11.9 Å². The summed E-state index contributed by atoms with van der Waals surface area (Å²) in [5, 5.41) is 3.74. The van der Waals surface area contributed by atoms with Gasteiger partial charge < -0.3 is 10.2 Å². The molecule has 10 heteroatoms. The minimum Gasteiger partial charge on any atom is -0.352 e. The molecule has 1 N–H and O–H groups in total. The molecule has 3 aromatic carbocycles. The first-order valence-electron chi connectivity index (χ1n) is 14.7. The van der Waals surface area contributed by atoms with Crippen molar-refractivity contribution in [3.8, 4) is 0 Å². The van der Waals surface area contributed by atoms with E-state index in [-0.39, 0.29) is 43.8 Å². The maximum atomic E-state index is 14.0. The Labute approximate surface area is 259 Å². The Hall–Kier alpha value is -3.43. The van der Waals surface area contributed by atoms with Crippen LogP contribution in [-0.4, -0.2) is 50.0 Å². The average Bonchev–Trinajstić information content (AvgIpc) is 2.98. The van der Waals surface area contributed by atoms with Crippen LogP contribution in [0.15, 0.2) is 78.9 Å². The van der Waals surface area contributed by atoms with Gasteiger partial charge in [0.1, 0.15) is 11.9 Å². The molecule has 1 aliphatic rings. The van der Waals surface area contributed by atoms with Crippen LogP contribution < -0.4 is 9.62 Å². The van der Waals surface area contributed by atoms with Crippen LogP contribution in [0, 0.1) is 5.82 Å². The standard InChI is InChI=1S/C33H39ClFN3O4S/c1-43(41,42)38(30-19-17-28(35)18-20-30)21-9-16-32(39)37(24-26-12-8-13-27(34)22-26)31(23-25-10-4-2-5-11-25)33(40)36-29-14-6-3-7-15-29/h2,4-5,8,10-13,17-20,22,29,31H,3,6-7,9,14-16,21,23-24H2,1H3,(H,36,40)/t31-/m1/s1. The summed E-state index contributed by atoms with van der Waals surface area (Å²) in [6.07, 6.45) is 6.73. The van der Waals surface area contributed by atoms with E-state index in [4.69, 9.17) is 11.6 Å². The summed E-state index contributed by atoms with van der Waals surface area (Å²) in [6, 6.07) is 21.3. The van der Waals surface area contributed by atoms with E-state index < -0.39 is 21.9 Å². The Morgan fingerprint density at radius 3 is 2.28 bits per heavy atom. The molecule has 1 aliphatic carbocycles. The predicted molar refractivity (Wildman–Crippen MR) is 169 cm³/mol. The molecule has 0 heterocycles. The van der Waals surface area contributed by atoms with E-state index in [0.717, 1.165) is 53.8 Å². The Kier molecular flexibility index (Phi) is 11.6. The Morgan fingerprint density at radius 1 is 0.953 bits per heavy atom. The summed E-state index contributed by atoms with van der Waals surface area (Å²) in [4.78, 5) is 29.5. The largest absolute Gasteiger partial charge is 0.352 e. The maximum absolute atomic E-state index is 14.0. The van der Waals surface area contributed by atoms with Gasteiger partial charge in [0, 0.05) is 37.0 Å². The van der Waals surface area contributed by atoms with Crippen LogP contribution in [0.1, 0.15) is 56.1 Å². The van der Waals surface area contributed by atoms with Crippen molar-refractivity contribution < 1.29 is 22.4 Å². The number of nitrogens with zero attached hydrogens (tertiary/aromatic N) is 2. The van der Waals surface area contributed by atoms with E-state index >= 15 is 0 Å². The molecule has 1 atom stereocenters. The third kappa shape index (κ3) is 9.79. The van der Waals surface area contributed by atoms with Gasteiger partial charge >= 0.3 is 0 Å². The van der Waals surface area contributed by atoms with Crippen LogP contribution in [0.5, 0.6) is 0 Å². The average molecular weight is 628 g/mol. The number of hydrogen-bond donors (Lipinski definition) is 1. The highest BCUT2D eigenvalue weighted by Gasteiger charge is 2.32. The van der Waals surface area contributed by atoms with Gasteiger partial charge in [-0.3, -0.25) is 13.9 Å². The summed E-state index contributed by atoms with van der Waals surface area (Å²) in [7, 11) is -3.68. The van der Waals surface area contributed by atoms with Crippen LogP contribution >= 0.6 is 11.6 Å². The number of rotatable bonds is 13. The third-order valence-electron chi connectivity index (χ3n) is 7.73. The van der Waals surface area contributed by atoms with Crippen molar-refractivity contribution in [1.82, 2.24) is 10.2 Å². The summed E-state index contributed by atoms with van der Waals surface area (Å²) < 4.78 is 39.8. The maximum Gasteiger partial charge on any atom is 0.243 e. The van der Waals surface area contributed by atoms with Crippen LogP contribution in [0.4, 0.5) is 10.1 Å². The molecule has 0 bridgehead atoms. The summed E-state index contributed by atoms with van der Waals surface area (Å²) in [5.74, 6) is -0.942. The number of hydrogen-bond acceptors (Lipinski definition) is 4. The molecular formula is C33H39ClFN3O4S. The smallest absolute Gasteiger partial charge is 0.243 e. The van der Waals surface area contributed by atoms with Crippen LogP contribution in [0.25, 0.3) is 0 Å². The normalized spacial score (nSPS) is 14.6. The molecule has 0 radical (unpaired) electrons. The zero-order chi connectivity index (χ0) is 30.8. The zero-order valence-electron chi connectivity index (χ0n) is 24.4. The van der Waals surface area contributed by atoms with Gasteiger partial charge in [-0.05, 0) is 66.8 Å². The molecule has 1 fully saturated rings. The Morgan fingerprint density at radius 2 is 1.63 bits per heavy atom. The lowest BCUT2D eigenvalue weighted by Crippen LogP contribution is -2.52. The third-order valence-corrected chi connectivity index (χ3v) is 9.16. The van der Waals surface area contributed by atoms with Crippen LogP contribution in [-0.2, 0) is 32.6 Å². The lowest BCUT2D eigenvalue weighted by atomic mass is 9.94. The Bertz CT molecular complexity index is 1460. The number of carbonyl (C=O) groups is 2. The van der Waals surface area contributed by atoms with E-state index in [9.17, 15) is 22.4 Å². The fourth-order valence-electron chi connectivity index (χ4n) is 5.54. The van der Waals surface area contributed by atoms with Crippen molar-refractivity contribution >= 4 is 39.1 Å². The molecule has 7 nitrogen and oxygen atoms in total. The van der Waals surface area contributed by atoms with Crippen molar-refractivity contribution in [2.75, 3.05) is 17.1 Å². The highest BCUT2D eigenvalue weighted by atomic mass is 35.5. The minimum absolute atomic E-state index is 0.00970. The minimum atomic E-state index is -3.68. The van der Waals surface area contributed by atoms with Gasteiger partial charge in [-0.25, -0.2) is 12.8 Å². The summed E-state index contributed by atoms with van der Waals surface area (Å²) in [6.45, 7) is 0.196. The molecule has 230 valence electrons. The second-order valence-electron chi connectivity index (χ2n) is 11.1. The van der Waals surface area contributed by atoms with Crippen molar-refractivity contribution in [2.45, 2.75) is 70.0 Å². The molecule has 1 saturated carbocycles. The molecule has 4 rings (SSSR count). The molecule has 0 aliphatic heterocycles. The second kappa shape index (κ2) is 15.3. The van der Waals surface area contributed by atoms with Gasteiger partial charge in [0.15, 0.2) is 0 Å². The molecule has 43 heavy (non-hydrogen) atoms. The molecule has 3 aromatic rings. The van der Waals surface area contributed by atoms with Crippen molar-refractivity contribution in [3.05, 3.63) is 101 Å². The van der Waals surface area contributed by atoms with Crippen molar-refractivity contribution in [2.24, 2.45) is 0 Å². The number of benzene rings is 3. The van der Waals surface area contributed by atoms with Crippen molar-refractivity contribution in [1.29, 1.82) is 0 Å². The van der Waals surface area contributed by atoms with Gasteiger partial charge in [-0.15, -0.1) is 0 Å². The lowest BCUT2D eigenvalue weighted by molar-refractivity contribution is -0.141. The summed E-state index contributed by atoms with van der Waals surface area (Å²) >= 11 is 6.27. The highest BCUT2D eigenvalue weighted by Crippen LogP contribution is 2.23. The van der Waals surface area contributed by atoms with E-state index in [0.29, 0.717) is 17.1 Å². The molecular weight excluding hydrogens is 589 g/mol. The topological polar surface area (TPSA) is 86.8 Å². The molecule has 0 spiro atoms. The zero-order valence-corrected chi connectivity index (χ0v) is 26.0. The highest BCUT2D eigenvalue weighted by molar-refractivity contribution is 7.92. The quantitative estimate of drug-likeness (QED) is 0.248. The SMILES string of the molecule is CS(=O)(=O)N(CCCC(=O)N(Cc1cccc(Cl)c1)[C@H](Cc1ccccc1)C(=O)NC1CCCCC1)c1ccc(F)cc1. The number of amides is 2. The van der Waals surface area contributed by atoms with E-state index in [1.54, 1.807) is 23.1 Å². The number of carbonyl (C=O) groups excluding carboxylic acids is 2. The van der Waals surface area contributed by atoms with Gasteiger partial charge in [-0.1, -0.05) is 73.3 Å². The molecule has 0 unspecified atom stereocenters. The van der Waals surface area contributed by atoms with Crippen LogP contribution in [0.2, 0.25) is 5.02 Å². The first-order valence-corrected chi connectivity index (χ1v) is 16.9.